The third-order valence-electron chi connectivity index (χ3n) is 2.96. The Morgan fingerprint density at radius 3 is 2.74 bits per heavy atom. The summed E-state index contributed by atoms with van der Waals surface area (Å²) in [6.45, 7) is 7.11. The first-order chi connectivity index (χ1) is 9.13. The van der Waals surface area contributed by atoms with Gasteiger partial charge in [0.05, 0.1) is 6.61 Å². The Bertz CT molecular complexity index is 338. The Morgan fingerprint density at radius 2 is 2.16 bits per heavy atom. The maximum Gasteiger partial charge on any atom is 0.213 e. The summed E-state index contributed by atoms with van der Waals surface area (Å²) in [5.41, 5.74) is 1.20. The molecule has 0 aliphatic carbocycles. The van der Waals surface area contributed by atoms with Crippen LogP contribution in [0, 0.1) is 0 Å². The van der Waals surface area contributed by atoms with Crippen molar-refractivity contribution in [3.8, 4) is 5.88 Å². The molecule has 0 amide bonds. The number of aromatic nitrogens is 1. The summed E-state index contributed by atoms with van der Waals surface area (Å²) < 4.78 is 5.61. The Hall–Kier alpha value is -1.13. The molecule has 108 valence electrons. The molecule has 1 atom stereocenters. The minimum Gasteiger partial charge on any atom is -0.478 e. The molecule has 0 saturated carbocycles. The van der Waals surface area contributed by atoms with Crippen molar-refractivity contribution in [3.05, 3.63) is 23.9 Å². The Labute approximate surface area is 117 Å². The average Bonchev–Trinajstić information content (AvgIpc) is 2.41. The molecule has 0 aromatic carbocycles. The average molecular weight is 265 g/mol. The van der Waals surface area contributed by atoms with Crippen molar-refractivity contribution in [1.29, 1.82) is 0 Å². The van der Waals surface area contributed by atoms with Crippen LogP contribution in [0.1, 0.15) is 38.3 Å². The molecule has 0 aliphatic heterocycles. The summed E-state index contributed by atoms with van der Waals surface area (Å²) in [6.07, 6.45) is 4.06. The van der Waals surface area contributed by atoms with Crippen molar-refractivity contribution >= 4 is 0 Å². The minimum absolute atomic E-state index is 0.343. The maximum absolute atomic E-state index is 5.61. The van der Waals surface area contributed by atoms with Gasteiger partial charge in [0.1, 0.15) is 0 Å². The number of hydrogen-bond acceptors (Lipinski definition) is 4. The largest absolute Gasteiger partial charge is 0.478 e. The third-order valence-corrected chi connectivity index (χ3v) is 2.96. The van der Waals surface area contributed by atoms with Crippen LogP contribution in [0.25, 0.3) is 0 Å². The first-order valence-corrected chi connectivity index (χ1v) is 7.10. The fraction of sp³-hybridized carbons (Fsp3) is 0.667. The van der Waals surface area contributed by atoms with E-state index in [9.17, 15) is 0 Å². The van der Waals surface area contributed by atoms with Crippen LogP contribution in [0.15, 0.2) is 18.3 Å². The zero-order valence-corrected chi connectivity index (χ0v) is 12.6. The molecule has 0 radical (unpaired) electrons. The van der Waals surface area contributed by atoms with Gasteiger partial charge < -0.3 is 15.0 Å². The normalized spacial score (nSPS) is 12.7. The Morgan fingerprint density at radius 1 is 1.37 bits per heavy atom. The van der Waals surface area contributed by atoms with Gasteiger partial charge in [-0.1, -0.05) is 13.0 Å². The van der Waals surface area contributed by atoms with E-state index in [1.54, 1.807) is 0 Å². The van der Waals surface area contributed by atoms with E-state index >= 15 is 0 Å². The fourth-order valence-electron chi connectivity index (χ4n) is 1.77. The van der Waals surface area contributed by atoms with Crippen LogP contribution < -0.4 is 10.1 Å². The van der Waals surface area contributed by atoms with E-state index in [1.807, 2.05) is 12.3 Å². The lowest BCUT2D eigenvalue weighted by Crippen LogP contribution is -2.19. The van der Waals surface area contributed by atoms with Crippen molar-refractivity contribution < 1.29 is 4.74 Å². The fourth-order valence-corrected chi connectivity index (χ4v) is 1.77. The molecule has 1 unspecified atom stereocenters. The highest BCUT2D eigenvalue weighted by atomic mass is 16.5. The lowest BCUT2D eigenvalue weighted by Gasteiger charge is -2.14. The van der Waals surface area contributed by atoms with Crippen molar-refractivity contribution in [3.63, 3.8) is 0 Å². The number of nitrogens with zero attached hydrogens (tertiary/aromatic N) is 2. The summed E-state index contributed by atoms with van der Waals surface area (Å²) in [5.74, 6) is 0.713. The predicted octanol–water partition coefficient (Wildman–Crippen LogP) is 2.47. The van der Waals surface area contributed by atoms with Crippen LogP contribution >= 0.6 is 0 Å². The molecule has 1 heterocycles. The molecular weight excluding hydrogens is 238 g/mol. The van der Waals surface area contributed by atoms with Crippen LogP contribution in [0.3, 0.4) is 0 Å². The summed E-state index contributed by atoms with van der Waals surface area (Å²) in [5, 5.41) is 3.45. The van der Waals surface area contributed by atoms with Gasteiger partial charge in [0.15, 0.2) is 0 Å². The molecule has 1 aromatic rings. The van der Waals surface area contributed by atoms with Crippen LogP contribution in [0.5, 0.6) is 5.88 Å². The van der Waals surface area contributed by atoms with Crippen molar-refractivity contribution in [2.75, 3.05) is 33.8 Å². The number of rotatable bonds is 9. The van der Waals surface area contributed by atoms with Gasteiger partial charge in [0.25, 0.3) is 0 Å². The second-order valence-corrected chi connectivity index (χ2v) is 5.11. The molecule has 0 spiro atoms. The zero-order chi connectivity index (χ0) is 14.1. The quantitative estimate of drug-likeness (QED) is 0.696. The second-order valence-electron chi connectivity index (χ2n) is 5.11. The highest BCUT2D eigenvalue weighted by Gasteiger charge is 2.05. The minimum atomic E-state index is 0.343. The van der Waals surface area contributed by atoms with Crippen LogP contribution in [0.2, 0.25) is 0 Å². The van der Waals surface area contributed by atoms with Crippen LogP contribution in [-0.4, -0.2) is 43.7 Å². The molecule has 1 N–H and O–H groups in total. The Kier molecular flexibility index (Phi) is 7.45. The van der Waals surface area contributed by atoms with Gasteiger partial charge in [-0.05, 0) is 46.0 Å². The molecule has 0 bridgehead atoms. The lowest BCUT2D eigenvalue weighted by molar-refractivity contribution is 0.273. The van der Waals surface area contributed by atoms with Gasteiger partial charge in [-0.25, -0.2) is 4.98 Å². The summed E-state index contributed by atoms with van der Waals surface area (Å²) in [7, 11) is 4.13. The summed E-state index contributed by atoms with van der Waals surface area (Å²) in [4.78, 5) is 6.50. The lowest BCUT2D eigenvalue weighted by atomic mass is 10.1. The summed E-state index contributed by atoms with van der Waals surface area (Å²) in [6, 6.07) is 4.38. The van der Waals surface area contributed by atoms with Gasteiger partial charge >= 0.3 is 0 Å². The smallest absolute Gasteiger partial charge is 0.213 e. The molecule has 0 saturated heterocycles. The highest BCUT2D eigenvalue weighted by molar-refractivity contribution is 5.20. The molecule has 4 nitrogen and oxygen atoms in total. The van der Waals surface area contributed by atoms with E-state index in [0.29, 0.717) is 18.5 Å². The van der Waals surface area contributed by atoms with Gasteiger partial charge in [-0.3, -0.25) is 0 Å². The number of ether oxygens (including phenoxy) is 1. The van der Waals surface area contributed by atoms with E-state index in [0.717, 1.165) is 25.9 Å². The topological polar surface area (TPSA) is 37.4 Å². The predicted molar refractivity (Wildman–Crippen MR) is 79.6 cm³/mol. The number of hydrogen-bond donors (Lipinski definition) is 1. The molecule has 0 fully saturated rings. The molecule has 1 aromatic heterocycles. The molecule has 4 heteroatoms. The standard InChI is InChI=1S/C15H27N3O/c1-5-9-16-13(2)14-7-8-15(17-12-14)19-11-6-10-18(3)4/h7-8,12-13,16H,5-6,9-11H2,1-4H3. The second kappa shape index (κ2) is 8.88. The van der Waals surface area contributed by atoms with E-state index in [4.69, 9.17) is 4.74 Å². The monoisotopic (exact) mass is 265 g/mol. The van der Waals surface area contributed by atoms with E-state index in [1.165, 1.54) is 5.56 Å². The van der Waals surface area contributed by atoms with Gasteiger partial charge in [-0.15, -0.1) is 0 Å². The summed E-state index contributed by atoms with van der Waals surface area (Å²) >= 11 is 0. The third kappa shape index (κ3) is 6.55. The van der Waals surface area contributed by atoms with E-state index < -0.39 is 0 Å². The SMILES string of the molecule is CCCNC(C)c1ccc(OCCCN(C)C)nc1. The maximum atomic E-state index is 5.61. The van der Waals surface area contributed by atoms with Crippen molar-refractivity contribution in [1.82, 2.24) is 15.2 Å². The number of pyridine rings is 1. The number of nitrogens with one attached hydrogen (secondary N) is 1. The van der Waals surface area contributed by atoms with Gasteiger partial charge in [-0.2, -0.15) is 0 Å². The van der Waals surface area contributed by atoms with Crippen molar-refractivity contribution in [2.45, 2.75) is 32.7 Å². The van der Waals surface area contributed by atoms with Crippen LogP contribution in [-0.2, 0) is 0 Å². The van der Waals surface area contributed by atoms with Gasteiger partial charge in [0, 0.05) is 24.8 Å². The van der Waals surface area contributed by atoms with Gasteiger partial charge in [0.2, 0.25) is 5.88 Å². The molecule has 1 rings (SSSR count). The molecular formula is C15H27N3O. The van der Waals surface area contributed by atoms with Crippen molar-refractivity contribution in [2.24, 2.45) is 0 Å². The van der Waals surface area contributed by atoms with E-state index in [2.05, 4.69) is 49.2 Å². The first-order valence-electron chi connectivity index (χ1n) is 7.10. The van der Waals surface area contributed by atoms with E-state index in [-0.39, 0.29) is 0 Å². The molecule has 19 heavy (non-hydrogen) atoms. The zero-order valence-electron chi connectivity index (χ0n) is 12.6. The first kappa shape index (κ1) is 15.9. The molecule has 0 aliphatic rings. The Balaban J connectivity index is 2.34. The van der Waals surface area contributed by atoms with Crippen LogP contribution in [0.4, 0.5) is 0 Å². The highest BCUT2D eigenvalue weighted by Crippen LogP contribution is 2.14.